The fraction of sp³-hybridized carbons (Fsp3) is 0.240. The molecular weight excluding hydrogens is 406 g/mol. The van der Waals surface area contributed by atoms with Gasteiger partial charge in [-0.1, -0.05) is 42.5 Å². The number of fused-ring (bicyclic) bond motifs is 2. The molecule has 0 spiro atoms. The predicted octanol–water partition coefficient (Wildman–Crippen LogP) is 4.71. The number of benzene rings is 2. The van der Waals surface area contributed by atoms with E-state index < -0.39 is 0 Å². The highest BCUT2D eigenvalue weighted by atomic mass is 32.1. The quantitative estimate of drug-likeness (QED) is 0.500. The van der Waals surface area contributed by atoms with Crippen molar-refractivity contribution < 1.29 is 4.79 Å². The van der Waals surface area contributed by atoms with E-state index >= 15 is 0 Å². The number of para-hydroxylation sites is 1. The summed E-state index contributed by atoms with van der Waals surface area (Å²) in [4.78, 5) is 36.8. The smallest absolute Gasteiger partial charge is 0.258 e. The molecule has 0 unspecified atom stereocenters. The van der Waals surface area contributed by atoms with E-state index in [1.54, 1.807) is 22.3 Å². The third-order valence-electron chi connectivity index (χ3n) is 5.80. The summed E-state index contributed by atoms with van der Waals surface area (Å²) < 4.78 is 0. The molecule has 0 aliphatic heterocycles. The summed E-state index contributed by atoms with van der Waals surface area (Å²) in [6.45, 7) is 0.708. The minimum atomic E-state index is -0.180. The number of rotatable bonds is 5. The number of aromatic nitrogens is 2. The second kappa shape index (κ2) is 8.47. The number of amides is 1. The second-order valence-electron chi connectivity index (χ2n) is 7.93. The predicted molar refractivity (Wildman–Crippen MR) is 123 cm³/mol. The maximum atomic E-state index is 13.6. The first-order valence-electron chi connectivity index (χ1n) is 10.6. The van der Waals surface area contributed by atoms with Crippen molar-refractivity contribution in [3.63, 3.8) is 0 Å². The minimum Gasteiger partial charge on any atom is -0.327 e. The highest BCUT2D eigenvalue weighted by molar-refractivity contribution is 7.10. The summed E-state index contributed by atoms with van der Waals surface area (Å²) in [5.41, 5.74) is 3.52. The summed E-state index contributed by atoms with van der Waals surface area (Å²) in [7, 11) is 0. The van der Waals surface area contributed by atoms with Crippen LogP contribution < -0.4 is 5.56 Å². The zero-order chi connectivity index (χ0) is 21.2. The molecule has 1 aliphatic carbocycles. The van der Waals surface area contributed by atoms with E-state index in [2.05, 4.69) is 9.97 Å². The van der Waals surface area contributed by atoms with Crippen molar-refractivity contribution in [1.29, 1.82) is 0 Å². The number of carbonyl (C=O) groups excluding carboxylic acids is 1. The zero-order valence-electron chi connectivity index (χ0n) is 17.1. The van der Waals surface area contributed by atoms with Crippen molar-refractivity contribution in [3.05, 3.63) is 97.7 Å². The molecule has 1 aliphatic rings. The molecule has 0 bridgehead atoms. The average molecular weight is 430 g/mol. The van der Waals surface area contributed by atoms with Crippen molar-refractivity contribution in [3.8, 4) is 0 Å². The lowest BCUT2D eigenvalue weighted by Crippen LogP contribution is -2.32. The molecule has 5 rings (SSSR count). The fourth-order valence-corrected chi connectivity index (χ4v) is 5.36. The van der Waals surface area contributed by atoms with Crippen molar-refractivity contribution in [1.82, 2.24) is 14.9 Å². The highest BCUT2D eigenvalue weighted by Crippen LogP contribution is 2.31. The van der Waals surface area contributed by atoms with Crippen molar-refractivity contribution >= 4 is 28.1 Å². The monoisotopic (exact) mass is 429 g/mol. The van der Waals surface area contributed by atoms with Gasteiger partial charge in [-0.2, -0.15) is 0 Å². The van der Waals surface area contributed by atoms with E-state index in [0.717, 1.165) is 30.4 Å². The van der Waals surface area contributed by atoms with Crippen LogP contribution in [-0.2, 0) is 25.9 Å². The van der Waals surface area contributed by atoms with Crippen LogP contribution in [0.2, 0.25) is 0 Å². The maximum absolute atomic E-state index is 13.6. The third-order valence-corrected chi connectivity index (χ3v) is 6.89. The Kier molecular flexibility index (Phi) is 5.38. The van der Waals surface area contributed by atoms with Gasteiger partial charge in [0.25, 0.3) is 11.5 Å². The molecule has 5 nitrogen and oxygen atoms in total. The van der Waals surface area contributed by atoms with Gasteiger partial charge in [-0.25, -0.2) is 4.98 Å². The number of nitrogens with one attached hydrogen (secondary N) is 1. The minimum absolute atomic E-state index is 0.000870. The van der Waals surface area contributed by atoms with E-state index in [1.165, 1.54) is 16.9 Å². The molecule has 1 N–H and O–H groups in total. The molecule has 156 valence electrons. The Hall–Kier alpha value is -3.25. The molecule has 0 saturated heterocycles. The van der Waals surface area contributed by atoms with Crippen LogP contribution in [0.3, 0.4) is 0 Å². The summed E-state index contributed by atoms with van der Waals surface area (Å²) >= 11 is 1.69. The Morgan fingerprint density at radius 2 is 1.77 bits per heavy atom. The first kappa shape index (κ1) is 19.7. The largest absolute Gasteiger partial charge is 0.327 e. The van der Waals surface area contributed by atoms with E-state index in [-0.39, 0.29) is 18.0 Å². The Morgan fingerprint density at radius 1 is 1.00 bits per heavy atom. The van der Waals surface area contributed by atoms with Gasteiger partial charge >= 0.3 is 0 Å². The summed E-state index contributed by atoms with van der Waals surface area (Å²) in [5.74, 6) is 0.496. The highest BCUT2D eigenvalue weighted by Gasteiger charge is 2.25. The van der Waals surface area contributed by atoms with E-state index in [9.17, 15) is 9.59 Å². The average Bonchev–Trinajstić information content (AvgIpc) is 3.23. The Morgan fingerprint density at radius 3 is 2.65 bits per heavy atom. The van der Waals surface area contributed by atoms with Crippen molar-refractivity contribution in [2.75, 3.05) is 0 Å². The number of aromatic amines is 1. The second-order valence-corrected chi connectivity index (χ2v) is 8.90. The van der Waals surface area contributed by atoms with Crippen molar-refractivity contribution in [2.24, 2.45) is 0 Å². The van der Waals surface area contributed by atoms with Crippen molar-refractivity contribution in [2.45, 2.75) is 38.8 Å². The number of hydrogen-bond acceptors (Lipinski definition) is 4. The van der Waals surface area contributed by atoms with E-state index in [1.807, 2.05) is 53.9 Å². The fourth-order valence-electron chi connectivity index (χ4n) is 4.24. The molecule has 2 aromatic heterocycles. The molecule has 6 heteroatoms. The van der Waals surface area contributed by atoms with E-state index in [0.29, 0.717) is 23.3 Å². The van der Waals surface area contributed by atoms with Gasteiger partial charge in [0.2, 0.25) is 0 Å². The topological polar surface area (TPSA) is 66.1 Å². The maximum Gasteiger partial charge on any atom is 0.258 e. The lowest BCUT2D eigenvalue weighted by molar-refractivity contribution is 0.0724. The number of thiophene rings is 1. The number of hydrogen-bond donors (Lipinski definition) is 1. The lowest BCUT2D eigenvalue weighted by Gasteiger charge is -2.23. The molecule has 4 aromatic rings. The normalized spacial score (nSPS) is 13.2. The number of nitrogens with zero attached hydrogens (tertiary/aromatic N) is 2. The SMILES string of the molecule is O=C(c1csc2c1CCCC2)N(Cc1ccccc1)Cc1nc2ccccc2c(=O)[nH]1. The van der Waals surface area contributed by atoms with E-state index in [4.69, 9.17) is 0 Å². The molecule has 1 amide bonds. The van der Waals surface area contributed by atoms with Gasteiger partial charge < -0.3 is 9.88 Å². The molecule has 0 saturated carbocycles. The Labute approximate surface area is 184 Å². The first-order valence-corrected chi connectivity index (χ1v) is 11.5. The standard InChI is InChI=1S/C25H23N3O2S/c29-24-19-11-4-6-12-21(19)26-23(27-24)15-28(14-17-8-2-1-3-9-17)25(30)20-16-31-22-13-7-5-10-18(20)22/h1-4,6,8-9,11-12,16H,5,7,10,13-15H2,(H,26,27,29). The van der Waals surface area contributed by atoms with Gasteiger partial charge in [-0.15, -0.1) is 11.3 Å². The molecular formula is C25H23N3O2S. The molecule has 0 atom stereocenters. The van der Waals surface area contributed by atoms with Gasteiger partial charge in [0.05, 0.1) is 23.0 Å². The molecule has 0 radical (unpaired) electrons. The van der Waals surface area contributed by atoms with Gasteiger partial charge in [0, 0.05) is 16.8 Å². The first-order chi connectivity index (χ1) is 15.2. The van der Waals surface area contributed by atoms with Crippen LogP contribution in [0.5, 0.6) is 0 Å². The Balaban J connectivity index is 1.51. The molecule has 31 heavy (non-hydrogen) atoms. The lowest BCUT2D eigenvalue weighted by atomic mass is 9.95. The van der Waals surface area contributed by atoms with Gasteiger partial charge in [-0.05, 0) is 48.9 Å². The zero-order valence-corrected chi connectivity index (χ0v) is 18.0. The summed E-state index contributed by atoms with van der Waals surface area (Å²) in [6.07, 6.45) is 4.34. The van der Waals surface area contributed by atoms with Gasteiger partial charge in [0.15, 0.2) is 0 Å². The van der Waals surface area contributed by atoms with Crippen LogP contribution in [0.1, 0.15) is 45.0 Å². The summed E-state index contributed by atoms with van der Waals surface area (Å²) in [5, 5.41) is 2.56. The van der Waals surface area contributed by atoms with Crippen LogP contribution in [0.25, 0.3) is 10.9 Å². The van der Waals surface area contributed by atoms with Crippen LogP contribution in [0.4, 0.5) is 0 Å². The van der Waals surface area contributed by atoms with Gasteiger partial charge in [0.1, 0.15) is 5.82 Å². The Bertz CT molecular complexity index is 1290. The van der Waals surface area contributed by atoms with Crippen LogP contribution in [0.15, 0.2) is 64.8 Å². The molecule has 0 fully saturated rings. The third kappa shape index (κ3) is 4.03. The molecule has 2 aromatic carbocycles. The molecule has 2 heterocycles. The summed E-state index contributed by atoms with van der Waals surface area (Å²) in [6, 6.07) is 17.2. The van der Waals surface area contributed by atoms with Crippen LogP contribution >= 0.6 is 11.3 Å². The number of aryl methyl sites for hydroxylation is 1. The number of carbonyl (C=O) groups is 1. The van der Waals surface area contributed by atoms with Gasteiger partial charge in [-0.3, -0.25) is 9.59 Å². The number of H-pyrrole nitrogens is 1. The van der Waals surface area contributed by atoms with Crippen LogP contribution in [0, 0.1) is 0 Å². The van der Waals surface area contributed by atoms with Crippen LogP contribution in [-0.4, -0.2) is 20.8 Å².